The molecule has 0 aliphatic rings. The highest BCUT2D eigenvalue weighted by atomic mass is 35.5. The Bertz CT molecular complexity index is 862. The second-order valence-corrected chi connectivity index (χ2v) is 5.73. The smallest absolute Gasteiger partial charge is 0.417 e. The summed E-state index contributed by atoms with van der Waals surface area (Å²) in [6, 6.07) is 7.05. The lowest BCUT2D eigenvalue weighted by Crippen LogP contribution is -2.20. The van der Waals surface area contributed by atoms with Crippen molar-refractivity contribution in [3.63, 3.8) is 0 Å². The van der Waals surface area contributed by atoms with Crippen molar-refractivity contribution in [3.8, 4) is 5.75 Å². The predicted octanol–water partition coefficient (Wildman–Crippen LogP) is 5.08. The average molecular weight is 406 g/mol. The van der Waals surface area contributed by atoms with Crippen molar-refractivity contribution in [1.82, 2.24) is 0 Å². The highest BCUT2D eigenvalue weighted by Crippen LogP contribution is 2.36. The van der Waals surface area contributed by atoms with Crippen molar-refractivity contribution in [1.29, 1.82) is 0 Å². The molecule has 2 aromatic carbocycles. The van der Waals surface area contributed by atoms with E-state index in [1.165, 1.54) is 31.4 Å². The number of benzene rings is 2. The van der Waals surface area contributed by atoms with Crippen LogP contribution in [0.25, 0.3) is 0 Å². The zero-order chi connectivity index (χ0) is 19.5. The molecule has 26 heavy (non-hydrogen) atoms. The molecular formula is C15H11ClF3N3O3S. The maximum atomic E-state index is 12.9. The Morgan fingerprint density at radius 1 is 1.23 bits per heavy atom. The highest BCUT2D eigenvalue weighted by Gasteiger charge is 2.33. The lowest BCUT2D eigenvalue weighted by Gasteiger charge is -2.15. The maximum Gasteiger partial charge on any atom is 0.417 e. The minimum Gasteiger partial charge on any atom is -0.494 e. The van der Waals surface area contributed by atoms with Crippen LogP contribution in [0.4, 0.5) is 30.2 Å². The molecule has 0 amide bonds. The standard InChI is InChI=1S/C15H11ClF3N3O3S/c1-25-13-7-9(22(23)24)3-5-12(13)21-14(26)20-8-2-4-11(16)10(6-8)15(17,18)19/h2-7H,1H3,(H2,20,21,26). The summed E-state index contributed by atoms with van der Waals surface area (Å²) in [5, 5.41) is 15.6. The SMILES string of the molecule is COc1cc([N+](=O)[O-])ccc1NC(=S)Nc1ccc(Cl)c(C(F)(F)F)c1. The molecular weight excluding hydrogens is 395 g/mol. The van der Waals surface area contributed by atoms with E-state index in [1.807, 2.05) is 0 Å². The minimum atomic E-state index is -4.61. The molecule has 11 heteroatoms. The van der Waals surface area contributed by atoms with Gasteiger partial charge in [-0.05, 0) is 36.5 Å². The number of methoxy groups -OCH3 is 1. The van der Waals surface area contributed by atoms with Gasteiger partial charge in [-0.1, -0.05) is 11.6 Å². The molecule has 138 valence electrons. The summed E-state index contributed by atoms with van der Waals surface area (Å²) < 4.78 is 43.7. The van der Waals surface area contributed by atoms with Crippen molar-refractivity contribution in [2.24, 2.45) is 0 Å². The predicted molar refractivity (Wildman–Crippen MR) is 95.9 cm³/mol. The van der Waals surface area contributed by atoms with Crippen molar-refractivity contribution in [2.45, 2.75) is 6.18 Å². The van der Waals surface area contributed by atoms with Crippen LogP contribution in [0.2, 0.25) is 5.02 Å². The Morgan fingerprint density at radius 3 is 2.50 bits per heavy atom. The summed E-state index contributed by atoms with van der Waals surface area (Å²) in [4.78, 5) is 10.2. The third kappa shape index (κ3) is 4.73. The molecule has 0 aromatic heterocycles. The number of anilines is 2. The molecule has 0 radical (unpaired) electrons. The van der Waals surface area contributed by atoms with E-state index >= 15 is 0 Å². The van der Waals surface area contributed by atoms with Gasteiger partial charge >= 0.3 is 6.18 Å². The molecule has 0 atom stereocenters. The van der Waals surface area contributed by atoms with Crippen LogP contribution >= 0.6 is 23.8 Å². The first-order valence-corrected chi connectivity index (χ1v) is 7.67. The number of hydrogen-bond donors (Lipinski definition) is 2. The molecule has 2 rings (SSSR count). The van der Waals surface area contributed by atoms with Crippen LogP contribution in [0.1, 0.15) is 5.56 Å². The van der Waals surface area contributed by atoms with Crippen molar-refractivity contribution < 1.29 is 22.8 Å². The molecule has 0 heterocycles. The Morgan fingerprint density at radius 2 is 1.92 bits per heavy atom. The van der Waals surface area contributed by atoms with Gasteiger partial charge in [0.25, 0.3) is 5.69 Å². The molecule has 0 unspecified atom stereocenters. The van der Waals surface area contributed by atoms with E-state index in [9.17, 15) is 23.3 Å². The van der Waals surface area contributed by atoms with Crippen molar-refractivity contribution in [3.05, 3.63) is 57.1 Å². The fourth-order valence-corrected chi connectivity index (χ4v) is 2.45. The van der Waals surface area contributed by atoms with Gasteiger partial charge in [0.2, 0.25) is 0 Å². The molecule has 0 aliphatic heterocycles. The van der Waals surface area contributed by atoms with Crippen LogP contribution in [0.15, 0.2) is 36.4 Å². The Hall–Kier alpha value is -2.59. The highest BCUT2D eigenvalue weighted by molar-refractivity contribution is 7.80. The van der Waals surface area contributed by atoms with Crippen LogP contribution in [-0.4, -0.2) is 17.1 Å². The summed E-state index contributed by atoms with van der Waals surface area (Å²) in [5.41, 5.74) is -0.806. The molecule has 0 saturated heterocycles. The lowest BCUT2D eigenvalue weighted by molar-refractivity contribution is -0.384. The van der Waals surface area contributed by atoms with Gasteiger partial charge in [-0.15, -0.1) is 0 Å². The van der Waals surface area contributed by atoms with Gasteiger partial charge in [-0.3, -0.25) is 10.1 Å². The molecule has 0 saturated carbocycles. The number of halogens is 4. The maximum absolute atomic E-state index is 12.9. The van der Waals surface area contributed by atoms with Gasteiger partial charge in [0.1, 0.15) is 5.75 Å². The fraction of sp³-hybridized carbons (Fsp3) is 0.133. The van der Waals surface area contributed by atoms with E-state index in [-0.39, 0.29) is 22.2 Å². The van der Waals surface area contributed by atoms with Crippen LogP contribution in [-0.2, 0) is 6.18 Å². The van der Waals surface area contributed by atoms with Gasteiger partial charge < -0.3 is 15.4 Å². The normalized spacial score (nSPS) is 11.0. The number of rotatable bonds is 4. The fourth-order valence-electron chi connectivity index (χ4n) is 2.00. The summed E-state index contributed by atoms with van der Waals surface area (Å²) in [6.07, 6.45) is -4.61. The number of ether oxygens (including phenoxy) is 1. The molecule has 2 aromatic rings. The summed E-state index contributed by atoms with van der Waals surface area (Å²) >= 11 is 10.6. The van der Waals surface area contributed by atoms with E-state index in [1.54, 1.807) is 0 Å². The molecule has 6 nitrogen and oxygen atoms in total. The summed E-state index contributed by atoms with van der Waals surface area (Å²) in [7, 11) is 1.31. The third-order valence-corrected chi connectivity index (χ3v) is 3.71. The molecule has 0 spiro atoms. The number of non-ortho nitro benzene ring substituents is 1. The van der Waals surface area contributed by atoms with E-state index in [0.29, 0.717) is 5.69 Å². The lowest BCUT2D eigenvalue weighted by atomic mass is 10.2. The molecule has 0 aliphatic carbocycles. The van der Waals surface area contributed by atoms with Crippen molar-refractivity contribution in [2.75, 3.05) is 17.7 Å². The largest absolute Gasteiger partial charge is 0.494 e. The van der Waals surface area contributed by atoms with Crippen LogP contribution in [0.3, 0.4) is 0 Å². The quantitative estimate of drug-likeness (QED) is 0.419. The van der Waals surface area contributed by atoms with E-state index < -0.39 is 21.7 Å². The Kier molecular flexibility index (Phi) is 5.88. The average Bonchev–Trinajstić information content (AvgIpc) is 2.55. The summed E-state index contributed by atoms with van der Waals surface area (Å²) in [6.45, 7) is 0. The van der Waals surface area contributed by atoms with Gasteiger partial charge in [-0.2, -0.15) is 13.2 Å². The van der Waals surface area contributed by atoms with Crippen LogP contribution in [0.5, 0.6) is 5.75 Å². The van der Waals surface area contributed by atoms with Crippen LogP contribution < -0.4 is 15.4 Å². The van der Waals surface area contributed by atoms with Gasteiger partial charge in [0.05, 0.1) is 34.4 Å². The Balaban J connectivity index is 2.18. The van der Waals surface area contributed by atoms with E-state index in [4.69, 9.17) is 28.6 Å². The second-order valence-electron chi connectivity index (χ2n) is 4.91. The molecule has 2 N–H and O–H groups in total. The number of nitrogens with one attached hydrogen (secondary N) is 2. The molecule has 0 bridgehead atoms. The second kappa shape index (κ2) is 7.75. The summed E-state index contributed by atoms with van der Waals surface area (Å²) in [5.74, 6) is 0.149. The third-order valence-electron chi connectivity index (χ3n) is 3.17. The van der Waals surface area contributed by atoms with Gasteiger partial charge in [0, 0.05) is 11.8 Å². The zero-order valence-electron chi connectivity index (χ0n) is 13.1. The van der Waals surface area contributed by atoms with Crippen LogP contribution in [0, 0.1) is 10.1 Å². The van der Waals surface area contributed by atoms with E-state index in [2.05, 4.69) is 10.6 Å². The number of nitrogens with zero attached hydrogens (tertiary/aromatic N) is 1. The first-order valence-electron chi connectivity index (χ1n) is 6.89. The number of nitro groups is 1. The van der Waals surface area contributed by atoms with Gasteiger partial charge in [-0.25, -0.2) is 0 Å². The molecule has 0 fully saturated rings. The van der Waals surface area contributed by atoms with E-state index in [0.717, 1.165) is 12.1 Å². The minimum absolute atomic E-state index is 0.0346. The topological polar surface area (TPSA) is 76.4 Å². The van der Waals surface area contributed by atoms with Gasteiger partial charge in [0.15, 0.2) is 5.11 Å². The van der Waals surface area contributed by atoms with Crippen molar-refractivity contribution >= 4 is 46.0 Å². The number of alkyl halides is 3. The number of nitro benzene ring substituents is 1. The monoisotopic (exact) mass is 405 g/mol. The first-order chi connectivity index (χ1) is 12.1. The zero-order valence-corrected chi connectivity index (χ0v) is 14.6. The Labute approximate surface area is 156 Å². The first kappa shape index (κ1) is 19.7. The number of hydrogen-bond acceptors (Lipinski definition) is 4. The number of thiocarbonyl (C=S) groups is 1.